The molecule has 1 heterocycles. The number of hydrogen-bond donors (Lipinski definition) is 1. The maximum Gasteiger partial charge on any atom is 0.243 e. The highest BCUT2D eigenvalue weighted by Crippen LogP contribution is 2.31. The van der Waals surface area contributed by atoms with E-state index in [0.29, 0.717) is 6.61 Å². The molecular formula is C10H10INO2. The molecule has 1 amide bonds. The van der Waals surface area contributed by atoms with Crippen molar-refractivity contribution in [2.45, 2.75) is 10.3 Å². The number of fused-ring (bicyclic) bond motifs is 1. The second-order valence-corrected chi connectivity index (χ2v) is 5.82. The largest absolute Gasteiger partial charge is 0.489 e. The van der Waals surface area contributed by atoms with Gasteiger partial charge in [-0.1, -0.05) is 34.7 Å². The molecule has 1 atom stereocenters. The second kappa shape index (κ2) is 3.42. The van der Waals surface area contributed by atoms with E-state index in [9.17, 15) is 4.79 Å². The molecule has 14 heavy (non-hydrogen) atoms. The van der Waals surface area contributed by atoms with Gasteiger partial charge in [-0.25, -0.2) is 0 Å². The van der Waals surface area contributed by atoms with Crippen LogP contribution in [-0.2, 0) is 4.79 Å². The fourth-order valence-electron chi connectivity index (χ4n) is 1.23. The highest BCUT2D eigenvalue weighted by atomic mass is 127. The zero-order valence-electron chi connectivity index (χ0n) is 7.71. The monoisotopic (exact) mass is 303 g/mol. The number of anilines is 1. The summed E-state index contributed by atoms with van der Waals surface area (Å²) in [7, 11) is 0. The summed E-state index contributed by atoms with van der Waals surface area (Å²) in [6.07, 6.45) is 0. The van der Waals surface area contributed by atoms with Crippen LogP contribution in [0.15, 0.2) is 24.3 Å². The van der Waals surface area contributed by atoms with Crippen molar-refractivity contribution in [2.75, 3.05) is 11.9 Å². The Hall–Kier alpha value is -0.780. The van der Waals surface area contributed by atoms with Crippen LogP contribution in [0.4, 0.5) is 5.69 Å². The molecule has 0 fully saturated rings. The summed E-state index contributed by atoms with van der Waals surface area (Å²) >= 11 is 2.10. The molecule has 0 saturated heterocycles. The number of halogens is 1. The number of nitrogens with one attached hydrogen (secondary N) is 1. The number of amides is 1. The Kier molecular flexibility index (Phi) is 2.38. The third-order valence-electron chi connectivity index (χ3n) is 2.11. The van der Waals surface area contributed by atoms with Crippen molar-refractivity contribution in [1.82, 2.24) is 0 Å². The second-order valence-electron chi connectivity index (χ2n) is 3.44. The molecule has 1 N–H and O–H groups in total. The van der Waals surface area contributed by atoms with E-state index in [-0.39, 0.29) is 5.91 Å². The summed E-state index contributed by atoms with van der Waals surface area (Å²) in [4.78, 5) is 11.7. The van der Waals surface area contributed by atoms with Crippen LogP contribution >= 0.6 is 22.6 Å². The van der Waals surface area contributed by atoms with Crippen LogP contribution in [-0.4, -0.2) is 15.9 Å². The van der Waals surface area contributed by atoms with Gasteiger partial charge in [0.05, 0.1) is 5.69 Å². The summed E-state index contributed by atoms with van der Waals surface area (Å²) in [5, 5.41) is 2.84. The third-order valence-corrected chi connectivity index (χ3v) is 2.91. The van der Waals surface area contributed by atoms with Gasteiger partial charge in [-0.2, -0.15) is 0 Å². The van der Waals surface area contributed by atoms with Crippen LogP contribution in [0.3, 0.4) is 0 Å². The van der Waals surface area contributed by atoms with Crippen LogP contribution in [0.1, 0.15) is 6.92 Å². The predicted octanol–water partition coefficient (Wildman–Crippen LogP) is 2.21. The van der Waals surface area contributed by atoms with E-state index < -0.39 is 3.42 Å². The number of carbonyl (C=O) groups excluding carboxylic acids is 1. The predicted molar refractivity (Wildman–Crippen MR) is 63.0 cm³/mol. The lowest BCUT2D eigenvalue weighted by molar-refractivity contribution is -0.117. The van der Waals surface area contributed by atoms with Gasteiger partial charge in [0, 0.05) is 0 Å². The van der Waals surface area contributed by atoms with Crippen molar-refractivity contribution in [3.8, 4) is 5.75 Å². The van der Waals surface area contributed by atoms with Gasteiger partial charge in [-0.15, -0.1) is 0 Å². The van der Waals surface area contributed by atoms with Crippen LogP contribution in [0.2, 0.25) is 0 Å². The molecule has 1 aromatic carbocycles. The maximum absolute atomic E-state index is 11.7. The van der Waals surface area contributed by atoms with Gasteiger partial charge in [0.25, 0.3) is 0 Å². The molecule has 0 radical (unpaired) electrons. The quantitative estimate of drug-likeness (QED) is 0.589. The highest BCUT2D eigenvalue weighted by Gasteiger charge is 2.34. The molecule has 2 rings (SSSR count). The Morgan fingerprint density at radius 2 is 2.21 bits per heavy atom. The number of alkyl halides is 1. The molecule has 1 unspecified atom stereocenters. The van der Waals surface area contributed by atoms with Crippen molar-refractivity contribution in [2.24, 2.45) is 0 Å². The van der Waals surface area contributed by atoms with Gasteiger partial charge in [0.2, 0.25) is 5.91 Å². The molecular weight excluding hydrogens is 293 g/mol. The summed E-state index contributed by atoms with van der Waals surface area (Å²) in [6, 6.07) is 7.46. The summed E-state index contributed by atoms with van der Waals surface area (Å²) in [6.45, 7) is 2.26. The van der Waals surface area contributed by atoms with Gasteiger partial charge < -0.3 is 10.1 Å². The van der Waals surface area contributed by atoms with Crippen molar-refractivity contribution in [1.29, 1.82) is 0 Å². The topological polar surface area (TPSA) is 38.3 Å². The summed E-state index contributed by atoms with van der Waals surface area (Å²) in [5.74, 6) is 0.726. The normalized spacial score (nSPS) is 25.7. The van der Waals surface area contributed by atoms with E-state index in [1.165, 1.54) is 0 Å². The molecule has 74 valence electrons. The Bertz CT molecular complexity index is 376. The van der Waals surface area contributed by atoms with E-state index in [0.717, 1.165) is 11.4 Å². The lowest BCUT2D eigenvalue weighted by Crippen LogP contribution is -2.37. The Labute approximate surface area is 96.0 Å². The molecule has 4 heteroatoms. The molecule has 1 aliphatic heterocycles. The molecule has 1 aliphatic rings. The summed E-state index contributed by atoms with van der Waals surface area (Å²) < 4.78 is 5.04. The Balaban J connectivity index is 2.38. The summed E-state index contributed by atoms with van der Waals surface area (Å²) in [5.41, 5.74) is 0.748. The first-order chi connectivity index (χ1) is 6.59. The minimum absolute atomic E-state index is 0.0111. The average Bonchev–Trinajstić information content (AvgIpc) is 2.26. The lowest BCUT2D eigenvalue weighted by Gasteiger charge is -2.16. The van der Waals surface area contributed by atoms with E-state index in [2.05, 4.69) is 27.9 Å². The van der Waals surface area contributed by atoms with Crippen LogP contribution < -0.4 is 10.1 Å². The third kappa shape index (κ3) is 1.70. The van der Waals surface area contributed by atoms with Gasteiger partial charge >= 0.3 is 0 Å². The maximum atomic E-state index is 11.7. The first kappa shape index (κ1) is 9.76. The van der Waals surface area contributed by atoms with E-state index >= 15 is 0 Å². The SMILES string of the molecule is CC1(I)COc2ccccc2NC1=O. The van der Waals surface area contributed by atoms with Gasteiger partial charge in [-0.05, 0) is 19.1 Å². The minimum atomic E-state index is -0.503. The van der Waals surface area contributed by atoms with E-state index in [1.807, 2.05) is 31.2 Å². The van der Waals surface area contributed by atoms with Gasteiger partial charge in [0.15, 0.2) is 0 Å². The first-order valence-corrected chi connectivity index (χ1v) is 5.40. The zero-order chi connectivity index (χ0) is 10.2. The number of carbonyl (C=O) groups is 1. The average molecular weight is 303 g/mol. The number of rotatable bonds is 0. The van der Waals surface area contributed by atoms with E-state index in [1.54, 1.807) is 0 Å². The fourth-order valence-corrected chi connectivity index (χ4v) is 1.52. The first-order valence-electron chi connectivity index (χ1n) is 4.32. The van der Waals surface area contributed by atoms with Gasteiger partial charge in [-0.3, -0.25) is 4.79 Å². The van der Waals surface area contributed by atoms with Crippen molar-refractivity contribution in [3.63, 3.8) is 0 Å². The van der Waals surface area contributed by atoms with Crippen molar-refractivity contribution < 1.29 is 9.53 Å². The highest BCUT2D eigenvalue weighted by molar-refractivity contribution is 14.1. The van der Waals surface area contributed by atoms with Gasteiger partial charge in [0.1, 0.15) is 15.8 Å². The molecule has 3 nitrogen and oxygen atoms in total. The fraction of sp³-hybridized carbons (Fsp3) is 0.300. The lowest BCUT2D eigenvalue weighted by atomic mass is 10.2. The molecule has 0 saturated carbocycles. The number of ether oxygens (including phenoxy) is 1. The number of hydrogen-bond acceptors (Lipinski definition) is 2. The molecule has 0 bridgehead atoms. The Morgan fingerprint density at radius 1 is 1.50 bits per heavy atom. The molecule has 0 spiro atoms. The minimum Gasteiger partial charge on any atom is -0.489 e. The molecule has 0 aromatic heterocycles. The zero-order valence-corrected chi connectivity index (χ0v) is 9.87. The standard InChI is InChI=1S/C10H10INO2/c1-10(11)6-14-8-5-3-2-4-7(8)12-9(10)13/h2-5H,6H2,1H3,(H,12,13). The molecule has 1 aromatic rings. The van der Waals surface area contributed by atoms with Crippen molar-refractivity contribution >= 4 is 34.2 Å². The van der Waals surface area contributed by atoms with Crippen LogP contribution in [0.5, 0.6) is 5.75 Å². The van der Waals surface area contributed by atoms with Crippen LogP contribution in [0, 0.1) is 0 Å². The number of benzene rings is 1. The smallest absolute Gasteiger partial charge is 0.243 e. The van der Waals surface area contributed by atoms with Crippen LogP contribution in [0.25, 0.3) is 0 Å². The molecule has 0 aliphatic carbocycles. The van der Waals surface area contributed by atoms with Crippen molar-refractivity contribution in [3.05, 3.63) is 24.3 Å². The number of para-hydroxylation sites is 2. The van der Waals surface area contributed by atoms with E-state index in [4.69, 9.17) is 4.74 Å². The Morgan fingerprint density at radius 3 is 3.00 bits per heavy atom.